The van der Waals surface area contributed by atoms with Gasteiger partial charge in [0.15, 0.2) is 0 Å². The second-order valence-electron chi connectivity index (χ2n) is 5.45. The molecule has 1 amide bonds. The number of amides is 1. The summed E-state index contributed by atoms with van der Waals surface area (Å²) in [7, 11) is 1.29. The van der Waals surface area contributed by atoms with E-state index in [9.17, 15) is 20.0 Å². The van der Waals surface area contributed by atoms with Gasteiger partial charge in [-0.3, -0.25) is 14.9 Å². The van der Waals surface area contributed by atoms with Crippen LogP contribution in [-0.2, 0) is 4.79 Å². The first-order chi connectivity index (χ1) is 11.9. The lowest BCUT2D eigenvalue weighted by molar-refractivity contribution is -0.385. The first-order valence-electron chi connectivity index (χ1n) is 7.38. The summed E-state index contributed by atoms with van der Waals surface area (Å²) in [4.78, 5) is 23.6. The Hall–Kier alpha value is -2.94. The molecule has 1 aromatic carbocycles. The summed E-state index contributed by atoms with van der Waals surface area (Å²) in [6, 6.07) is 5.58. The zero-order chi connectivity index (χ0) is 18.1. The van der Waals surface area contributed by atoms with E-state index in [-0.39, 0.29) is 28.7 Å². The highest BCUT2D eigenvalue weighted by molar-refractivity contribution is 7.12. The van der Waals surface area contributed by atoms with Gasteiger partial charge in [0, 0.05) is 31.0 Å². The van der Waals surface area contributed by atoms with Gasteiger partial charge in [-0.1, -0.05) is 6.07 Å². The van der Waals surface area contributed by atoms with Crippen LogP contribution in [0.3, 0.4) is 0 Å². The van der Waals surface area contributed by atoms with Gasteiger partial charge in [0.1, 0.15) is 5.75 Å². The van der Waals surface area contributed by atoms with Gasteiger partial charge in [-0.15, -0.1) is 11.3 Å². The fourth-order valence-electron chi connectivity index (χ4n) is 2.78. The van der Waals surface area contributed by atoms with Crippen molar-refractivity contribution in [2.75, 3.05) is 7.11 Å². The molecule has 8 nitrogen and oxygen atoms in total. The molecule has 1 atom stereocenters. The maximum atomic E-state index is 12.0. The van der Waals surface area contributed by atoms with Gasteiger partial charge in [-0.05, 0) is 11.4 Å². The first kappa shape index (κ1) is 16.9. The quantitative estimate of drug-likeness (QED) is 0.665. The molecule has 1 aromatic heterocycles. The van der Waals surface area contributed by atoms with Crippen LogP contribution in [0.2, 0.25) is 0 Å². The molecule has 0 bridgehead atoms. The Morgan fingerprint density at radius 2 is 2.28 bits per heavy atom. The molecule has 0 radical (unpaired) electrons. The van der Waals surface area contributed by atoms with Crippen molar-refractivity contribution in [3.05, 3.63) is 50.2 Å². The van der Waals surface area contributed by atoms with Crippen molar-refractivity contribution in [1.82, 2.24) is 5.01 Å². The zero-order valence-electron chi connectivity index (χ0n) is 13.5. The lowest BCUT2D eigenvalue weighted by Gasteiger charge is -2.21. The number of ether oxygens (including phenoxy) is 1. The van der Waals surface area contributed by atoms with Gasteiger partial charge in [0.25, 0.3) is 0 Å². The number of methoxy groups -OCH3 is 1. The first-order valence-corrected chi connectivity index (χ1v) is 8.26. The fraction of sp³-hybridized carbons (Fsp3) is 0.250. The van der Waals surface area contributed by atoms with Crippen LogP contribution in [0.4, 0.5) is 5.69 Å². The monoisotopic (exact) mass is 361 g/mol. The molecule has 1 aliphatic heterocycles. The van der Waals surface area contributed by atoms with Crippen molar-refractivity contribution in [3.63, 3.8) is 0 Å². The standard InChI is InChI=1S/C16H15N3O5S/c1-9(20)18-12(7-11(17-18)16-4-3-5-25-16)10-6-13(19(22)23)15(24-2)8-14(10)21/h3-6,8,12,21H,7H2,1-2H3. The van der Waals surface area contributed by atoms with Crippen molar-refractivity contribution >= 4 is 28.6 Å². The molecule has 0 aliphatic carbocycles. The van der Waals surface area contributed by atoms with E-state index in [0.717, 1.165) is 4.88 Å². The van der Waals surface area contributed by atoms with E-state index in [0.29, 0.717) is 12.1 Å². The van der Waals surface area contributed by atoms with E-state index in [1.807, 2.05) is 17.5 Å². The van der Waals surface area contributed by atoms with Crippen LogP contribution in [0.25, 0.3) is 0 Å². The maximum Gasteiger partial charge on any atom is 0.311 e. The number of thiophene rings is 1. The molecule has 2 heterocycles. The van der Waals surface area contributed by atoms with Crippen LogP contribution in [0, 0.1) is 10.1 Å². The molecule has 0 spiro atoms. The Morgan fingerprint density at radius 1 is 1.52 bits per heavy atom. The normalized spacial score (nSPS) is 16.6. The molecule has 2 aromatic rings. The number of benzene rings is 1. The van der Waals surface area contributed by atoms with Crippen molar-refractivity contribution in [1.29, 1.82) is 0 Å². The fourth-order valence-corrected chi connectivity index (χ4v) is 3.50. The van der Waals surface area contributed by atoms with Crippen LogP contribution in [0.1, 0.15) is 29.8 Å². The number of hydrazone groups is 1. The van der Waals surface area contributed by atoms with Gasteiger partial charge in [-0.2, -0.15) is 5.10 Å². The van der Waals surface area contributed by atoms with Crippen molar-refractivity contribution in [3.8, 4) is 11.5 Å². The molecule has 0 saturated carbocycles. The van der Waals surface area contributed by atoms with E-state index in [4.69, 9.17) is 4.74 Å². The second kappa shape index (κ2) is 6.52. The highest BCUT2D eigenvalue weighted by Gasteiger charge is 2.35. The predicted octanol–water partition coefficient (Wildman–Crippen LogP) is 3.07. The average Bonchev–Trinajstić information content (AvgIpc) is 3.23. The minimum atomic E-state index is -0.612. The van der Waals surface area contributed by atoms with E-state index < -0.39 is 11.0 Å². The van der Waals surface area contributed by atoms with Crippen LogP contribution in [0.15, 0.2) is 34.7 Å². The minimum absolute atomic E-state index is 0.0435. The molecule has 130 valence electrons. The number of nitro groups is 1. The summed E-state index contributed by atoms with van der Waals surface area (Å²) < 4.78 is 4.95. The number of nitro benzene ring substituents is 1. The van der Waals surface area contributed by atoms with Gasteiger partial charge < -0.3 is 9.84 Å². The van der Waals surface area contributed by atoms with E-state index in [1.165, 1.54) is 42.5 Å². The predicted molar refractivity (Wildman–Crippen MR) is 92.0 cm³/mol. The Morgan fingerprint density at radius 3 is 2.84 bits per heavy atom. The molecular weight excluding hydrogens is 346 g/mol. The number of aromatic hydroxyl groups is 1. The SMILES string of the molecule is COc1cc(O)c(C2CC(c3cccs3)=NN2C(C)=O)cc1[N+](=O)[O-]. The number of hydrogen-bond donors (Lipinski definition) is 1. The molecule has 1 aliphatic rings. The number of carbonyl (C=O) groups is 1. The van der Waals surface area contributed by atoms with Crippen molar-refractivity contribution in [2.24, 2.45) is 5.10 Å². The summed E-state index contributed by atoms with van der Waals surface area (Å²) >= 11 is 1.49. The lowest BCUT2D eigenvalue weighted by Crippen LogP contribution is -2.24. The van der Waals surface area contributed by atoms with Gasteiger partial charge in [-0.25, -0.2) is 5.01 Å². The summed E-state index contributed by atoms with van der Waals surface area (Å²) in [5.74, 6) is -0.534. The van der Waals surface area contributed by atoms with Crippen LogP contribution < -0.4 is 4.74 Å². The Balaban J connectivity index is 2.05. The molecule has 25 heavy (non-hydrogen) atoms. The van der Waals surface area contributed by atoms with E-state index >= 15 is 0 Å². The topological polar surface area (TPSA) is 105 Å². The lowest BCUT2D eigenvalue weighted by atomic mass is 9.99. The molecular formula is C16H15N3O5S. The summed E-state index contributed by atoms with van der Waals surface area (Å²) in [5, 5.41) is 29.1. The molecule has 3 rings (SSSR count). The minimum Gasteiger partial charge on any atom is -0.507 e. The number of rotatable bonds is 4. The Labute approximate surface area is 147 Å². The Bertz CT molecular complexity index is 863. The second-order valence-corrected chi connectivity index (χ2v) is 6.40. The maximum absolute atomic E-state index is 12.0. The van der Waals surface area contributed by atoms with Gasteiger partial charge >= 0.3 is 5.69 Å². The van der Waals surface area contributed by atoms with Crippen LogP contribution in [0.5, 0.6) is 11.5 Å². The van der Waals surface area contributed by atoms with Crippen molar-refractivity contribution < 1.29 is 19.6 Å². The molecule has 1 N–H and O–H groups in total. The van der Waals surface area contributed by atoms with Gasteiger partial charge in [0.05, 0.1) is 28.7 Å². The average molecular weight is 361 g/mol. The zero-order valence-corrected chi connectivity index (χ0v) is 14.3. The highest BCUT2D eigenvalue weighted by Crippen LogP contribution is 2.42. The third kappa shape index (κ3) is 3.05. The number of carbonyl (C=O) groups excluding carboxylic acids is 1. The summed E-state index contributed by atoms with van der Waals surface area (Å²) in [6.45, 7) is 1.36. The van der Waals surface area contributed by atoms with Gasteiger partial charge in [0.2, 0.25) is 11.7 Å². The highest BCUT2D eigenvalue weighted by atomic mass is 32.1. The van der Waals surface area contributed by atoms with Crippen LogP contribution >= 0.6 is 11.3 Å². The third-order valence-corrected chi connectivity index (χ3v) is 4.84. The third-order valence-electron chi connectivity index (χ3n) is 3.92. The largest absolute Gasteiger partial charge is 0.507 e. The molecule has 0 fully saturated rings. The number of nitrogens with zero attached hydrogens (tertiary/aromatic N) is 3. The number of hydrogen-bond acceptors (Lipinski definition) is 7. The molecule has 1 unspecified atom stereocenters. The van der Waals surface area contributed by atoms with Crippen LogP contribution in [-0.4, -0.2) is 33.8 Å². The summed E-state index contributed by atoms with van der Waals surface area (Å²) in [5.41, 5.74) is 0.689. The smallest absolute Gasteiger partial charge is 0.311 e. The number of phenolic OH excluding ortho intramolecular Hbond substituents is 1. The molecule has 0 saturated heterocycles. The molecule has 9 heteroatoms. The Kier molecular flexibility index (Phi) is 4.41. The van der Waals surface area contributed by atoms with Crippen molar-refractivity contribution in [2.45, 2.75) is 19.4 Å². The van der Waals surface area contributed by atoms with E-state index in [2.05, 4.69) is 5.10 Å². The van der Waals surface area contributed by atoms with E-state index in [1.54, 1.807) is 0 Å². The number of phenols is 1. The summed E-state index contributed by atoms with van der Waals surface area (Å²) in [6.07, 6.45) is 0.358.